The monoisotopic (exact) mass is 415 g/mol. The maximum atomic E-state index is 6.18. The summed E-state index contributed by atoms with van der Waals surface area (Å²) in [7, 11) is 5.19. The second kappa shape index (κ2) is 9.88. The molecule has 2 aromatic rings. The van der Waals surface area contributed by atoms with E-state index in [-0.39, 0.29) is 11.6 Å². The van der Waals surface area contributed by atoms with E-state index >= 15 is 0 Å². The van der Waals surface area contributed by atoms with Crippen LogP contribution >= 0.6 is 11.8 Å². The van der Waals surface area contributed by atoms with Crippen molar-refractivity contribution in [2.24, 2.45) is 0 Å². The van der Waals surface area contributed by atoms with Crippen LogP contribution in [-0.2, 0) is 4.84 Å². The van der Waals surface area contributed by atoms with E-state index in [0.717, 1.165) is 30.1 Å². The first-order valence-corrected chi connectivity index (χ1v) is 11.4. The Morgan fingerprint density at radius 2 is 1.72 bits per heavy atom. The number of rotatable bonds is 8. The number of hydroxylamine groups is 2. The van der Waals surface area contributed by atoms with Gasteiger partial charge >= 0.3 is 0 Å². The van der Waals surface area contributed by atoms with E-state index in [0.29, 0.717) is 0 Å². The van der Waals surface area contributed by atoms with Crippen LogP contribution in [0.3, 0.4) is 0 Å². The standard InChI is InChI=1S/C24H33NO3S/c1-6-8-14-24(7-2)17-29-22-16-21(27-4)20(26-3)15-19(22)23(25(24)28-5)18-12-10-9-11-13-18/h9-13,15-16,23H,6-8,14,17H2,1-5H3. The number of unbranched alkanes of at least 4 members (excludes halogenated alkanes) is 1. The van der Waals surface area contributed by atoms with Crippen LogP contribution in [0.1, 0.15) is 56.7 Å². The number of methoxy groups -OCH3 is 2. The van der Waals surface area contributed by atoms with Crippen molar-refractivity contribution in [3.05, 3.63) is 53.6 Å². The Kier molecular flexibility index (Phi) is 7.49. The van der Waals surface area contributed by atoms with Gasteiger partial charge in [-0.05, 0) is 36.1 Å². The summed E-state index contributed by atoms with van der Waals surface area (Å²) in [5.41, 5.74) is 2.38. The minimum atomic E-state index is -0.0462. The Labute approximate surface area is 179 Å². The molecule has 1 aliphatic rings. The van der Waals surface area contributed by atoms with Gasteiger partial charge in [-0.3, -0.25) is 0 Å². The molecule has 2 aromatic carbocycles. The molecule has 0 saturated heterocycles. The van der Waals surface area contributed by atoms with Gasteiger partial charge in [0.15, 0.2) is 11.5 Å². The maximum Gasteiger partial charge on any atom is 0.161 e. The minimum Gasteiger partial charge on any atom is -0.493 e. The van der Waals surface area contributed by atoms with Crippen molar-refractivity contribution in [3.63, 3.8) is 0 Å². The molecule has 0 N–H and O–H groups in total. The summed E-state index contributed by atoms with van der Waals surface area (Å²) in [5, 5.41) is 2.25. The number of benzene rings is 2. The number of hydrogen-bond acceptors (Lipinski definition) is 5. The molecule has 0 aromatic heterocycles. The molecule has 0 bridgehead atoms. The third kappa shape index (κ3) is 4.27. The highest BCUT2D eigenvalue weighted by atomic mass is 32.2. The molecule has 2 unspecified atom stereocenters. The first-order chi connectivity index (χ1) is 14.1. The van der Waals surface area contributed by atoms with Crippen molar-refractivity contribution in [3.8, 4) is 11.5 Å². The molecule has 158 valence electrons. The van der Waals surface area contributed by atoms with Crippen molar-refractivity contribution in [2.75, 3.05) is 27.1 Å². The molecule has 0 radical (unpaired) electrons. The van der Waals surface area contributed by atoms with E-state index in [4.69, 9.17) is 14.3 Å². The van der Waals surface area contributed by atoms with Crippen LogP contribution in [0.25, 0.3) is 0 Å². The predicted octanol–water partition coefficient (Wildman–Crippen LogP) is 6.10. The van der Waals surface area contributed by atoms with E-state index < -0.39 is 0 Å². The number of thioether (sulfide) groups is 1. The summed E-state index contributed by atoms with van der Waals surface area (Å²) >= 11 is 1.90. The van der Waals surface area contributed by atoms with E-state index in [9.17, 15) is 0 Å². The van der Waals surface area contributed by atoms with Crippen molar-refractivity contribution in [1.29, 1.82) is 0 Å². The maximum absolute atomic E-state index is 6.18. The molecule has 0 spiro atoms. The number of hydrogen-bond donors (Lipinski definition) is 0. The van der Waals surface area contributed by atoms with Gasteiger partial charge in [-0.15, -0.1) is 11.8 Å². The third-order valence-corrected chi connectivity index (χ3v) is 7.32. The van der Waals surface area contributed by atoms with Crippen LogP contribution in [0.4, 0.5) is 0 Å². The highest BCUT2D eigenvalue weighted by Gasteiger charge is 2.44. The lowest BCUT2D eigenvalue weighted by molar-refractivity contribution is -0.220. The first kappa shape index (κ1) is 22.0. The van der Waals surface area contributed by atoms with Crippen molar-refractivity contribution in [1.82, 2.24) is 5.06 Å². The zero-order valence-corrected chi connectivity index (χ0v) is 19.1. The van der Waals surface area contributed by atoms with Gasteiger partial charge in [0.2, 0.25) is 0 Å². The number of ether oxygens (including phenoxy) is 2. The second-order valence-corrected chi connectivity index (χ2v) is 8.55. The molecule has 29 heavy (non-hydrogen) atoms. The molecule has 3 rings (SSSR count). The number of fused-ring (bicyclic) bond motifs is 1. The molecule has 0 amide bonds. The van der Waals surface area contributed by atoms with Gasteiger partial charge in [0, 0.05) is 10.6 Å². The minimum absolute atomic E-state index is 0.0113. The van der Waals surface area contributed by atoms with E-state index in [1.54, 1.807) is 14.2 Å². The normalized spacial score (nSPS) is 22.0. The molecule has 0 aliphatic carbocycles. The summed E-state index contributed by atoms with van der Waals surface area (Å²) in [5.74, 6) is 2.50. The van der Waals surface area contributed by atoms with Gasteiger partial charge in [-0.1, -0.05) is 57.0 Å². The summed E-state index contributed by atoms with van der Waals surface area (Å²) in [6.45, 7) is 4.53. The van der Waals surface area contributed by atoms with Crippen molar-refractivity contribution < 1.29 is 14.3 Å². The summed E-state index contributed by atoms with van der Waals surface area (Å²) in [6.07, 6.45) is 4.49. The SMILES string of the molecule is CCCCC1(CC)CSc2cc(OC)c(OC)cc2C(c2ccccc2)N1OC. The fourth-order valence-corrected chi connectivity index (χ4v) is 5.69. The second-order valence-electron chi connectivity index (χ2n) is 7.54. The van der Waals surface area contributed by atoms with Crippen LogP contribution < -0.4 is 9.47 Å². The van der Waals surface area contributed by atoms with Gasteiger partial charge in [-0.25, -0.2) is 0 Å². The number of nitrogens with zero attached hydrogens (tertiary/aromatic N) is 1. The Bertz CT molecular complexity index is 798. The Morgan fingerprint density at radius 1 is 1.03 bits per heavy atom. The molecule has 2 atom stereocenters. The highest BCUT2D eigenvalue weighted by Crippen LogP contribution is 2.49. The van der Waals surface area contributed by atoms with Crippen LogP contribution in [-0.4, -0.2) is 37.7 Å². The van der Waals surface area contributed by atoms with Crippen LogP contribution in [0.5, 0.6) is 11.5 Å². The third-order valence-electron chi connectivity index (χ3n) is 5.97. The predicted molar refractivity (Wildman–Crippen MR) is 120 cm³/mol. The molecule has 0 saturated carbocycles. The first-order valence-electron chi connectivity index (χ1n) is 10.4. The fourth-order valence-electron chi connectivity index (χ4n) is 4.26. The zero-order valence-electron chi connectivity index (χ0n) is 18.2. The Hall–Kier alpha value is -1.69. The summed E-state index contributed by atoms with van der Waals surface area (Å²) in [4.78, 5) is 7.40. The van der Waals surface area contributed by atoms with Gasteiger partial charge < -0.3 is 14.3 Å². The molecular formula is C24H33NO3S. The van der Waals surface area contributed by atoms with Gasteiger partial charge in [0.1, 0.15) is 0 Å². The largest absolute Gasteiger partial charge is 0.493 e. The molecule has 0 fully saturated rings. The summed E-state index contributed by atoms with van der Waals surface area (Å²) < 4.78 is 11.2. The van der Waals surface area contributed by atoms with Crippen LogP contribution in [0.15, 0.2) is 47.4 Å². The molecular weight excluding hydrogens is 382 g/mol. The molecule has 1 heterocycles. The van der Waals surface area contributed by atoms with Crippen molar-refractivity contribution >= 4 is 11.8 Å². The quantitative estimate of drug-likeness (QED) is 0.520. The van der Waals surface area contributed by atoms with E-state index in [1.165, 1.54) is 28.9 Å². The lowest BCUT2D eigenvalue weighted by Crippen LogP contribution is -2.51. The average molecular weight is 416 g/mol. The van der Waals surface area contributed by atoms with Crippen LogP contribution in [0.2, 0.25) is 0 Å². The van der Waals surface area contributed by atoms with E-state index in [1.807, 2.05) is 18.9 Å². The zero-order chi connectivity index (χ0) is 20.9. The Morgan fingerprint density at radius 3 is 2.31 bits per heavy atom. The average Bonchev–Trinajstić information content (AvgIpc) is 2.91. The molecule has 5 heteroatoms. The van der Waals surface area contributed by atoms with Crippen LogP contribution in [0, 0.1) is 0 Å². The van der Waals surface area contributed by atoms with Crippen molar-refractivity contribution in [2.45, 2.75) is 56.0 Å². The van der Waals surface area contributed by atoms with E-state index in [2.05, 4.69) is 61.4 Å². The molecule has 1 aliphatic heterocycles. The lowest BCUT2D eigenvalue weighted by atomic mass is 9.87. The summed E-state index contributed by atoms with van der Waals surface area (Å²) in [6, 6.07) is 14.9. The van der Waals surface area contributed by atoms with Gasteiger partial charge in [0.25, 0.3) is 0 Å². The topological polar surface area (TPSA) is 30.9 Å². The highest BCUT2D eigenvalue weighted by molar-refractivity contribution is 7.99. The fraction of sp³-hybridized carbons (Fsp3) is 0.500. The Balaban J connectivity index is 2.22. The van der Waals surface area contributed by atoms with Gasteiger partial charge in [0.05, 0.1) is 32.9 Å². The molecule has 4 nitrogen and oxygen atoms in total. The van der Waals surface area contributed by atoms with Gasteiger partial charge in [-0.2, -0.15) is 5.06 Å². The lowest BCUT2D eigenvalue weighted by Gasteiger charge is -2.44. The smallest absolute Gasteiger partial charge is 0.161 e.